The smallest absolute Gasteiger partial charge is 0.311 e. The Bertz CT molecular complexity index is 731. The Morgan fingerprint density at radius 1 is 1.50 bits per heavy atom. The Hall–Kier alpha value is -1.93. The normalized spacial score (nSPS) is 11.0. The molecule has 1 heterocycles. The summed E-state index contributed by atoms with van der Waals surface area (Å²) in [6.07, 6.45) is 1.96. The van der Waals surface area contributed by atoms with Gasteiger partial charge in [0.2, 0.25) is 5.13 Å². The minimum Gasteiger partial charge on any atom is -0.490 e. The van der Waals surface area contributed by atoms with Crippen molar-refractivity contribution in [1.29, 1.82) is 0 Å². The van der Waals surface area contributed by atoms with Crippen molar-refractivity contribution >= 4 is 44.6 Å². The van der Waals surface area contributed by atoms with Crippen molar-refractivity contribution in [3.05, 3.63) is 39.3 Å². The minimum atomic E-state index is -0.316. The third-order valence-corrected chi connectivity index (χ3v) is 4.21. The number of aromatic nitrogens is 1. The van der Waals surface area contributed by atoms with E-state index in [1.54, 1.807) is 11.6 Å². The van der Waals surface area contributed by atoms with Gasteiger partial charge in [-0.15, -0.1) is 11.3 Å². The number of ether oxygens (including phenoxy) is 2. The van der Waals surface area contributed by atoms with Crippen LogP contribution in [0, 0.1) is 0 Å². The second-order valence-electron chi connectivity index (χ2n) is 5.12. The average molecular weight is 412 g/mol. The van der Waals surface area contributed by atoms with Crippen LogP contribution in [0.1, 0.15) is 25.1 Å². The first-order valence-corrected chi connectivity index (χ1v) is 8.91. The number of hydrazone groups is 1. The predicted molar refractivity (Wildman–Crippen MR) is 99.0 cm³/mol. The van der Waals surface area contributed by atoms with Gasteiger partial charge in [-0.1, -0.05) is 0 Å². The zero-order valence-corrected chi connectivity index (χ0v) is 16.0. The Kier molecular flexibility index (Phi) is 6.74. The van der Waals surface area contributed by atoms with Gasteiger partial charge in [-0.2, -0.15) is 5.10 Å². The number of carbonyl (C=O) groups is 1. The second-order valence-corrected chi connectivity index (χ2v) is 6.84. The van der Waals surface area contributed by atoms with E-state index in [-0.39, 0.29) is 18.5 Å². The molecule has 1 N–H and O–H groups in total. The highest BCUT2D eigenvalue weighted by atomic mass is 79.9. The van der Waals surface area contributed by atoms with E-state index in [1.165, 1.54) is 18.4 Å². The summed E-state index contributed by atoms with van der Waals surface area (Å²) in [5.74, 6) is 0.478. The van der Waals surface area contributed by atoms with Crippen molar-refractivity contribution in [1.82, 2.24) is 4.98 Å². The summed E-state index contributed by atoms with van der Waals surface area (Å²) < 4.78 is 11.1. The van der Waals surface area contributed by atoms with E-state index in [9.17, 15) is 4.79 Å². The molecule has 0 aliphatic rings. The SMILES string of the molecule is COC(=O)Cc1csc(N/N=C\c2ccc(OC(C)C)c(Br)c2)n1. The van der Waals surface area contributed by atoms with Gasteiger partial charge in [0.25, 0.3) is 0 Å². The van der Waals surface area contributed by atoms with Gasteiger partial charge < -0.3 is 9.47 Å². The standard InChI is InChI=1S/C16H18BrN3O3S/c1-10(2)23-14-5-4-11(6-13(14)17)8-18-20-16-19-12(9-24-16)7-15(21)22-3/h4-6,8-10H,7H2,1-3H3,(H,19,20)/b18-8-. The molecule has 128 valence electrons. The number of esters is 1. The van der Waals surface area contributed by atoms with Crippen LogP contribution in [0.25, 0.3) is 0 Å². The molecular formula is C16H18BrN3O3S. The Balaban J connectivity index is 1.94. The van der Waals surface area contributed by atoms with E-state index in [4.69, 9.17) is 4.74 Å². The van der Waals surface area contributed by atoms with Gasteiger partial charge in [-0.3, -0.25) is 10.2 Å². The highest BCUT2D eigenvalue weighted by molar-refractivity contribution is 9.10. The lowest BCUT2D eigenvalue weighted by atomic mass is 10.2. The third-order valence-electron chi connectivity index (χ3n) is 2.80. The molecule has 0 spiro atoms. The molecule has 0 aliphatic carbocycles. The van der Waals surface area contributed by atoms with Crippen molar-refractivity contribution in [2.45, 2.75) is 26.4 Å². The number of anilines is 1. The van der Waals surface area contributed by atoms with Crippen molar-refractivity contribution < 1.29 is 14.3 Å². The molecule has 0 bridgehead atoms. The first kappa shape index (κ1) is 18.4. The molecule has 6 nitrogen and oxygen atoms in total. The molecule has 0 saturated heterocycles. The molecule has 0 amide bonds. The summed E-state index contributed by atoms with van der Waals surface area (Å²) in [5, 5.41) is 6.56. The van der Waals surface area contributed by atoms with Gasteiger partial charge in [0.15, 0.2) is 0 Å². The maximum absolute atomic E-state index is 11.2. The molecule has 2 aromatic rings. The second kappa shape index (κ2) is 8.79. The summed E-state index contributed by atoms with van der Waals surface area (Å²) in [6.45, 7) is 3.96. The first-order chi connectivity index (χ1) is 11.5. The Morgan fingerprint density at radius 3 is 2.96 bits per heavy atom. The predicted octanol–water partition coefficient (Wildman–Crippen LogP) is 3.85. The monoisotopic (exact) mass is 411 g/mol. The fourth-order valence-electron chi connectivity index (χ4n) is 1.77. The largest absolute Gasteiger partial charge is 0.490 e. The Labute approximate surface area is 153 Å². The zero-order chi connectivity index (χ0) is 17.5. The van der Waals surface area contributed by atoms with E-state index in [1.807, 2.05) is 32.0 Å². The van der Waals surface area contributed by atoms with Crippen LogP contribution in [-0.2, 0) is 16.0 Å². The summed E-state index contributed by atoms with van der Waals surface area (Å²) in [5.41, 5.74) is 4.42. The van der Waals surface area contributed by atoms with Crippen molar-refractivity contribution in [3.8, 4) is 5.75 Å². The van der Waals surface area contributed by atoms with E-state index < -0.39 is 0 Å². The molecule has 0 radical (unpaired) electrons. The number of rotatable bonds is 7. The van der Waals surface area contributed by atoms with Gasteiger partial charge >= 0.3 is 5.97 Å². The summed E-state index contributed by atoms with van der Waals surface area (Å²) in [6, 6.07) is 5.73. The molecule has 0 unspecified atom stereocenters. The number of thiazole rings is 1. The van der Waals surface area contributed by atoms with Crippen LogP contribution in [0.5, 0.6) is 5.75 Å². The number of nitrogens with zero attached hydrogens (tertiary/aromatic N) is 2. The van der Waals surface area contributed by atoms with Crippen LogP contribution in [-0.4, -0.2) is 30.4 Å². The lowest BCUT2D eigenvalue weighted by molar-refractivity contribution is -0.139. The fraction of sp³-hybridized carbons (Fsp3) is 0.312. The molecule has 1 aromatic carbocycles. The van der Waals surface area contributed by atoms with Crippen LogP contribution in [0.3, 0.4) is 0 Å². The molecule has 2 rings (SSSR count). The van der Waals surface area contributed by atoms with Crippen molar-refractivity contribution in [3.63, 3.8) is 0 Å². The molecule has 24 heavy (non-hydrogen) atoms. The van der Waals surface area contributed by atoms with E-state index >= 15 is 0 Å². The van der Waals surface area contributed by atoms with E-state index in [0.717, 1.165) is 15.8 Å². The van der Waals surface area contributed by atoms with Crippen LogP contribution in [0.4, 0.5) is 5.13 Å². The highest BCUT2D eigenvalue weighted by Gasteiger charge is 2.07. The summed E-state index contributed by atoms with van der Waals surface area (Å²) in [4.78, 5) is 15.5. The fourth-order valence-corrected chi connectivity index (χ4v) is 2.92. The number of nitrogens with one attached hydrogen (secondary N) is 1. The quantitative estimate of drug-likeness (QED) is 0.425. The summed E-state index contributed by atoms with van der Waals surface area (Å²) >= 11 is 4.86. The number of halogens is 1. The molecule has 0 aliphatic heterocycles. The van der Waals surface area contributed by atoms with E-state index in [0.29, 0.717) is 10.8 Å². The molecule has 0 saturated carbocycles. The van der Waals surface area contributed by atoms with E-state index in [2.05, 4.69) is 36.2 Å². The lowest BCUT2D eigenvalue weighted by Crippen LogP contribution is -2.06. The molecule has 0 fully saturated rings. The van der Waals surface area contributed by atoms with Crippen molar-refractivity contribution in [2.24, 2.45) is 5.10 Å². The van der Waals surface area contributed by atoms with Gasteiger partial charge in [0.1, 0.15) is 5.75 Å². The molecule has 1 aromatic heterocycles. The van der Waals surface area contributed by atoms with Crippen LogP contribution in [0.2, 0.25) is 0 Å². The maximum Gasteiger partial charge on any atom is 0.311 e. The Morgan fingerprint density at radius 2 is 2.29 bits per heavy atom. The lowest BCUT2D eigenvalue weighted by Gasteiger charge is -2.11. The van der Waals surface area contributed by atoms with Crippen molar-refractivity contribution in [2.75, 3.05) is 12.5 Å². The molecular weight excluding hydrogens is 394 g/mol. The zero-order valence-electron chi connectivity index (χ0n) is 13.6. The number of methoxy groups -OCH3 is 1. The maximum atomic E-state index is 11.2. The minimum absolute atomic E-state index is 0.117. The number of hydrogen-bond acceptors (Lipinski definition) is 7. The van der Waals surface area contributed by atoms with Gasteiger partial charge in [-0.25, -0.2) is 4.98 Å². The van der Waals surface area contributed by atoms with Crippen LogP contribution in [0.15, 0.2) is 33.2 Å². The summed E-state index contributed by atoms with van der Waals surface area (Å²) in [7, 11) is 1.35. The topological polar surface area (TPSA) is 72.8 Å². The van der Waals surface area contributed by atoms with Gasteiger partial charge in [-0.05, 0) is 53.5 Å². The third kappa shape index (κ3) is 5.61. The number of carbonyl (C=O) groups excluding carboxylic acids is 1. The van der Waals surface area contributed by atoms with Gasteiger partial charge in [0, 0.05) is 5.38 Å². The molecule has 8 heteroatoms. The first-order valence-electron chi connectivity index (χ1n) is 7.24. The van der Waals surface area contributed by atoms with Crippen LogP contribution < -0.4 is 10.2 Å². The molecule has 0 atom stereocenters. The highest BCUT2D eigenvalue weighted by Crippen LogP contribution is 2.26. The number of benzene rings is 1. The average Bonchev–Trinajstić information content (AvgIpc) is 2.97. The van der Waals surface area contributed by atoms with Crippen LogP contribution >= 0.6 is 27.3 Å². The number of hydrogen-bond donors (Lipinski definition) is 1. The van der Waals surface area contributed by atoms with Gasteiger partial charge in [0.05, 0.1) is 36.0 Å².